The van der Waals surface area contributed by atoms with Crippen molar-refractivity contribution in [2.24, 2.45) is 0 Å². The Hall–Kier alpha value is -2.29. The van der Waals surface area contributed by atoms with Gasteiger partial charge in [0.1, 0.15) is 28.8 Å². The molecule has 1 N–H and O–H groups in total. The van der Waals surface area contributed by atoms with Crippen LogP contribution in [0.15, 0.2) is 39.8 Å². The lowest BCUT2D eigenvalue weighted by atomic mass is 9.98. The molecule has 0 unspecified atom stereocenters. The van der Waals surface area contributed by atoms with Gasteiger partial charge in [-0.05, 0) is 42.3 Å². The highest BCUT2D eigenvalue weighted by Gasteiger charge is 2.25. The Balaban J connectivity index is 2.26. The molecule has 1 heterocycles. The van der Waals surface area contributed by atoms with Gasteiger partial charge in [0.2, 0.25) is 0 Å². The predicted octanol–water partition coefficient (Wildman–Crippen LogP) is 4.14. The number of aromatic nitrogens is 1. The minimum absolute atomic E-state index is 0.00898. The summed E-state index contributed by atoms with van der Waals surface area (Å²) in [6, 6.07) is 6.74. The van der Waals surface area contributed by atoms with Gasteiger partial charge in [0.15, 0.2) is 15.6 Å². The Morgan fingerprint density at radius 1 is 1.15 bits per heavy atom. The van der Waals surface area contributed by atoms with Gasteiger partial charge in [-0.3, -0.25) is 0 Å². The lowest BCUT2D eigenvalue weighted by molar-refractivity contribution is 0.230. The third kappa shape index (κ3) is 3.60. The van der Waals surface area contributed by atoms with Crippen molar-refractivity contribution in [3.05, 3.63) is 58.3 Å². The minimum atomic E-state index is -4.09. The smallest absolute Gasteiger partial charge is 0.181 e. The molecule has 27 heavy (non-hydrogen) atoms. The van der Waals surface area contributed by atoms with Crippen LogP contribution in [-0.2, 0) is 16.4 Å². The molecular weight excluding hydrogens is 400 g/mol. The molecule has 2 aromatic carbocycles. The van der Waals surface area contributed by atoms with Gasteiger partial charge in [0.25, 0.3) is 0 Å². The maximum atomic E-state index is 14.3. The molecule has 0 spiro atoms. The highest BCUT2D eigenvalue weighted by molar-refractivity contribution is 7.90. The van der Waals surface area contributed by atoms with E-state index in [1.165, 1.54) is 0 Å². The molecule has 0 aliphatic rings. The summed E-state index contributed by atoms with van der Waals surface area (Å²) in [5, 5.41) is 13.9. The van der Waals surface area contributed by atoms with E-state index < -0.39 is 33.0 Å². The van der Waals surface area contributed by atoms with Gasteiger partial charge >= 0.3 is 0 Å². The van der Waals surface area contributed by atoms with Crippen LogP contribution in [0.4, 0.5) is 8.78 Å². The van der Waals surface area contributed by atoms with Crippen LogP contribution in [0.5, 0.6) is 0 Å². The fourth-order valence-electron chi connectivity index (χ4n) is 2.78. The number of hydrogen-bond donors (Lipinski definition) is 1. The normalized spacial score (nSPS) is 11.8. The maximum Gasteiger partial charge on any atom is 0.181 e. The molecule has 0 atom stereocenters. The van der Waals surface area contributed by atoms with Gasteiger partial charge < -0.3 is 9.63 Å². The quantitative estimate of drug-likeness (QED) is 0.695. The van der Waals surface area contributed by atoms with Crippen molar-refractivity contribution in [3.63, 3.8) is 0 Å². The number of aliphatic hydroxyl groups excluding tert-OH is 1. The fraction of sp³-hybridized carbons (Fsp3) is 0.167. The van der Waals surface area contributed by atoms with Gasteiger partial charge in [-0.1, -0.05) is 22.8 Å². The van der Waals surface area contributed by atoms with Gasteiger partial charge in [0.05, 0.1) is 5.56 Å². The standard InChI is InChI=1S/C18H14ClF2NO4S/c1-9-5-10(3-4-12(9)19)17-16(15(8-23)26-22-17)11-6-13(20)18(14(21)7-11)27(2,24)25/h3-7,23H,8H2,1-2H3. The van der Waals surface area contributed by atoms with Crippen LogP contribution in [-0.4, -0.2) is 24.9 Å². The van der Waals surface area contributed by atoms with Gasteiger partial charge in [0, 0.05) is 16.8 Å². The third-order valence-corrected chi connectivity index (χ3v) is 5.55. The van der Waals surface area contributed by atoms with Crippen LogP contribution in [0, 0.1) is 18.6 Å². The number of aryl methyl sites for hydroxylation is 1. The van der Waals surface area contributed by atoms with Crippen molar-refractivity contribution in [1.29, 1.82) is 0 Å². The Morgan fingerprint density at radius 2 is 1.78 bits per heavy atom. The van der Waals surface area contributed by atoms with E-state index in [4.69, 9.17) is 16.1 Å². The second-order valence-corrected chi connectivity index (χ2v) is 8.35. The SMILES string of the molecule is Cc1cc(-c2noc(CO)c2-c2cc(F)c(S(C)(=O)=O)c(F)c2)ccc1Cl. The van der Waals surface area contributed by atoms with E-state index in [1.807, 2.05) is 0 Å². The number of sulfone groups is 1. The van der Waals surface area contributed by atoms with E-state index >= 15 is 0 Å². The topological polar surface area (TPSA) is 80.4 Å². The Morgan fingerprint density at radius 3 is 2.30 bits per heavy atom. The van der Waals surface area contributed by atoms with Crippen molar-refractivity contribution in [2.75, 3.05) is 6.26 Å². The molecule has 0 amide bonds. The second-order valence-electron chi connectivity index (χ2n) is 5.99. The molecule has 0 fully saturated rings. The van der Waals surface area contributed by atoms with E-state index in [0.717, 1.165) is 17.7 Å². The first kappa shape index (κ1) is 19.5. The summed E-state index contributed by atoms with van der Waals surface area (Å²) in [5.41, 5.74) is 1.70. The summed E-state index contributed by atoms with van der Waals surface area (Å²) < 4.78 is 57.0. The molecule has 0 saturated heterocycles. The average molecular weight is 414 g/mol. The molecular formula is C18H14ClF2NO4S. The maximum absolute atomic E-state index is 14.3. The fourth-order valence-corrected chi connectivity index (χ4v) is 3.72. The third-order valence-electron chi connectivity index (χ3n) is 4.00. The Kier molecular flexibility index (Phi) is 5.07. The van der Waals surface area contributed by atoms with Crippen LogP contribution in [0.3, 0.4) is 0 Å². The van der Waals surface area contributed by atoms with E-state index in [-0.39, 0.29) is 22.6 Å². The van der Waals surface area contributed by atoms with Crippen molar-refractivity contribution in [3.8, 4) is 22.4 Å². The van der Waals surface area contributed by atoms with Crippen molar-refractivity contribution in [1.82, 2.24) is 5.16 Å². The monoisotopic (exact) mass is 413 g/mol. The summed E-state index contributed by atoms with van der Waals surface area (Å²) in [6.07, 6.45) is 0.717. The molecule has 0 aliphatic carbocycles. The molecule has 9 heteroatoms. The van der Waals surface area contributed by atoms with E-state index in [1.54, 1.807) is 25.1 Å². The van der Waals surface area contributed by atoms with E-state index in [9.17, 15) is 22.3 Å². The Labute approximate surface area is 159 Å². The zero-order valence-electron chi connectivity index (χ0n) is 14.3. The van der Waals surface area contributed by atoms with Gasteiger partial charge in [-0.15, -0.1) is 0 Å². The molecule has 0 bridgehead atoms. The number of benzene rings is 2. The number of rotatable bonds is 4. The molecule has 0 radical (unpaired) electrons. The van der Waals surface area contributed by atoms with Crippen molar-refractivity contribution >= 4 is 21.4 Å². The molecule has 5 nitrogen and oxygen atoms in total. The van der Waals surface area contributed by atoms with Crippen LogP contribution < -0.4 is 0 Å². The molecule has 1 aromatic heterocycles. The number of aliphatic hydroxyl groups is 1. The zero-order chi connectivity index (χ0) is 19.9. The second kappa shape index (κ2) is 7.03. The lowest BCUT2D eigenvalue weighted by Crippen LogP contribution is -2.05. The molecule has 0 aliphatic heterocycles. The predicted molar refractivity (Wildman–Crippen MR) is 96.1 cm³/mol. The largest absolute Gasteiger partial charge is 0.388 e. The number of halogens is 3. The summed E-state index contributed by atoms with van der Waals surface area (Å²) in [6.45, 7) is 1.21. The molecule has 3 aromatic rings. The highest BCUT2D eigenvalue weighted by atomic mass is 35.5. The van der Waals surface area contributed by atoms with Crippen LogP contribution in [0.25, 0.3) is 22.4 Å². The van der Waals surface area contributed by atoms with E-state index in [0.29, 0.717) is 16.8 Å². The van der Waals surface area contributed by atoms with Gasteiger partial charge in [-0.2, -0.15) is 0 Å². The summed E-state index contributed by atoms with van der Waals surface area (Å²) in [5.74, 6) is -2.49. The minimum Gasteiger partial charge on any atom is -0.388 e. The first-order chi connectivity index (χ1) is 12.6. The molecule has 142 valence electrons. The van der Waals surface area contributed by atoms with Gasteiger partial charge in [-0.25, -0.2) is 17.2 Å². The summed E-state index contributed by atoms with van der Waals surface area (Å²) in [7, 11) is -4.09. The molecule has 0 saturated carbocycles. The zero-order valence-corrected chi connectivity index (χ0v) is 15.8. The first-order valence-electron chi connectivity index (χ1n) is 7.69. The van der Waals surface area contributed by atoms with Crippen LogP contribution >= 0.6 is 11.6 Å². The van der Waals surface area contributed by atoms with E-state index in [2.05, 4.69) is 5.16 Å². The Bertz CT molecular complexity index is 1120. The van der Waals surface area contributed by atoms with Crippen LogP contribution in [0.2, 0.25) is 5.02 Å². The summed E-state index contributed by atoms with van der Waals surface area (Å²) in [4.78, 5) is -1.02. The highest BCUT2D eigenvalue weighted by Crippen LogP contribution is 2.37. The van der Waals surface area contributed by atoms with Crippen molar-refractivity contribution < 1.29 is 26.8 Å². The molecule has 3 rings (SSSR count). The first-order valence-corrected chi connectivity index (χ1v) is 9.95. The van der Waals surface area contributed by atoms with Crippen molar-refractivity contribution in [2.45, 2.75) is 18.4 Å². The number of hydrogen-bond acceptors (Lipinski definition) is 5. The summed E-state index contributed by atoms with van der Waals surface area (Å²) >= 11 is 6.02. The van der Waals surface area contributed by atoms with Crippen LogP contribution in [0.1, 0.15) is 11.3 Å². The lowest BCUT2D eigenvalue weighted by Gasteiger charge is -2.09. The average Bonchev–Trinajstić information content (AvgIpc) is 2.99. The number of nitrogens with zero attached hydrogens (tertiary/aromatic N) is 1.